The van der Waals surface area contributed by atoms with Gasteiger partial charge in [0.15, 0.2) is 5.82 Å². The van der Waals surface area contributed by atoms with Crippen molar-refractivity contribution in [3.8, 4) is 0 Å². The Labute approximate surface area is 161 Å². The fraction of sp³-hybridized carbons (Fsp3) is 0.333. The number of fused-ring (bicyclic) bond motifs is 1. The first-order chi connectivity index (χ1) is 12.5. The highest BCUT2D eigenvalue weighted by Gasteiger charge is 2.32. The van der Waals surface area contributed by atoms with Gasteiger partial charge in [0.25, 0.3) is 0 Å². The Kier molecular flexibility index (Phi) is 5.48. The quantitative estimate of drug-likeness (QED) is 0.777. The second-order valence-electron chi connectivity index (χ2n) is 5.67. The van der Waals surface area contributed by atoms with Gasteiger partial charge >= 0.3 is 0 Å². The minimum atomic E-state index is -0.172. The van der Waals surface area contributed by atoms with Crippen LogP contribution in [-0.4, -0.2) is 26.4 Å². The van der Waals surface area contributed by atoms with E-state index >= 15 is 0 Å². The lowest BCUT2D eigenvalue weighted by atomic mass is 10.2. The van der Waals surface area contributed by atoms with E-state index in [2.05, 4.69) is 10.1 Å². The van der Waals surface area contributed by atoms with Crippen LogP contribution in [-0.2, 0) is 11.2 Å². The largest absolute Gasteiger partial charge is 0.274 e. The number of hydrazone groups is 1. The maximum Gasteiger partial charge on any atom is 0.248 e. The molecule has 1 aromatic carbocycles. The number of benzene rings is 1. The van der Waals surface area contributed by atoms with Crippen LogP contribution in [0, 0.1) is 0 Å². The number of hydrogen-bond donors (Lipinski definition) is 0. The summed E-state index contributed by atoms with van der Waals surface area (Å²) in [5, 5.41) is 7.70. The number of halogens is 1. The molecule has 3 rings (SSSR count). The molecule has 1 aromatic heterocycles. The second kappa shape index (κ2) is 7.63. The molecule has 0 spiro atoms. The lowest BCUT2D eigenvalue weighted by molar-refractivity contribution is -0.118. The second-order valence-corrected chi connectivity index (χ2v) is 7.08. The predicted octanol–water partition coefficient (Wildman–Crippen LogP) is 4.36. The zero-order valence-corrected chi connectivity index (χ0v) is 16.4. The van der Waals surface area contributed by atoms with Gasteiger partial charge in [0, 0.05) is 29.8 Å². The van der Waals surface area contributed by atoms with E-state index in [1.807, 2.05) is 26.0 Å². The summed E-state index contributed by atoms with van der Waals surface area (Å²) in [6.07, 6.45) is 1.23. The summed E-state index contributed by atoms with van der Waals surface area (Å²) < 4.78 is 1.61. The monoisotopic (exact) mass is 390 g/mol. The van der Waals surface area contributed by atoms with E-state index in [0.717, 1.165) is 5.56 Å². The van der Waals surface area contributed by atoms with Crippen LogP contribution in [0.5, 0.6) is 0 Å². The highest BCUT2D eigenvalue weighted by atomic mass is 35.5. The molecule has 8 heteroatoms. The zero-order valence-electron chi connectivity index (χ0n) is 14.8. The van der Waals surface area contributed by atoms with Gasteiger partial charge in [0.05, 0.1) is 0 Å². The number of hydrogen-bond acceptors (Lipinski definition) is 5. The molecule has 136 valence electrons. The van der Waals surface area contributed by atoms with Gasteiger partial charge in [-0.2, -0.15) is 10.1 Å². The van der Waals surface area contributed by atoms with Gasteiger partial charge in [-0.15, -0.1) is 0 Å². The van der Waals surface area contributed by atoms with E-state index in [-0.39, 0.29) is 18.2 Å². The average molecular weight is 391 g/mol. The molecular formula is C18H19ClN4O2S. The summed E-state index contributed by atoms with van der Waals surface area (Å²) in [5.41, 5.74) is 0.827. The number of aryl methyl sites for hydroxylation is 1. The molecule has 0 aliphatic carbocycles. The first-order valence-electron chi connectivity index (χ1n) is 8.50. The van der Waals surface area contributed by atoms with Gasteiger partial charge in [-0.3, -0.25) is 14.2 Å². The fourth-order valence-electron chi connectivity index (χ4n) is 2.60. The van der Waals surface area contributed by atoms with Crippen LogP contribution < -0.4 is 5.01 Å². The summed E-state index contributed by atoms with van der Waals surface area (Å²) in [6.45, 7) is 5.52. The van der Waals surface area contributed by atoms with E-state index in [1.165, 1.54) is 16.8 Å². The Morgan fingerprint density at radius 1 is 1.08 bits per heavy atom. The Bertz CT molecular complexity index is 889. The topological polar surface area (TPSA) is 67.6 Å². The van der Waals surface area contributed by atoms with Crippen molar-refractivity contribution >= 4 is 46.0 Å². The molecular weight excluding hydrogens is 372 g/mol. The van der Waals surface area contributed by atoms with Crippen molar-refractivity contribution in [2.24, 2.45) is 5.10 Å². The van der Waals surface area contributed by atoms with Crippen LogP contribution in [0.1, 0.15) is 49.8 Å². The number of imidazole rings is 1. The summed E-state index contributed by atoms with van der Waals surface area (Å²) in [4.78, 5) is 29.5. The molecule has 2 heterocycles. The molecule has 1 aliphatic rings. The van der Waals surface area contributed by atoms with E-state index in [0.29, 0.717) is 39.6 Å². The van der Waals surface area contributed by atoms with E-state index in [1.54, 1.807) is 23.6 Å². The predicted molar refractivity (Wildman–Crippen MR) is 104 cm³/mol. The van der Waals surface area contributed by atoms with Gasteiger partial charge in [-0.1, -0.05) is 44.5 Å². The van der Waals surface area contributed by atoms with Gasteiger partial charge in [-0.25, -0.2) is 4.98 Å². The number of amides is 1. The van der Waals surface area contributed by atoms with Gasteiger partial charge < -0.3 is 0 Å². The maximum absolute atomic E-state index is 12.5. The van der Waals surface area contributed by atoms with Crippen LogP contribution in [0.25, 0.3) is 0 Å². The normalized spacial score (nSPS) is 13.4. The number of carbonyl (C=O) groups excluding carboxylic acids is 2. The maximum atomic E-state index is 12.5. The molecule has 0 fully saturated rings. The number of nitrogens with zero attached hydrogens (tertiary/aromatic N) is 4. The fourth-order valence-corrected chi connectivity index (χ4v) is 3.81. The van der Waals surface area contributed by atoms with Crippen LogP contribution in [0.4, 0.5) is 5.82 Å². The van der Waals surface area contributed by atoms with Crippen molar-refractivity contribution < 1.29 is 9.59 Å². The lowest BCUT2D eigenvalue weighted by Crippen LogP contribution is -2.29. The summed E-state index contributed by atoms with van der Waals surface area (Å²) in [6, 6.07) is 7.23. The van der Waals surface area contributed by atoms with E-state index < -0.39 is 0 Å². The smallest absolute Gasteiger partial charge is 0.248 e. The third-order valence-corrected chi connectivity index (χ3v) is 5.29. The first kappa shape index (κ1) is 18.7. The Morgan fingerprint density at radius 2 is 1.73 bits per heavy atom. The molecule has 0 saturated heterocycles. The van der Waals surface area contributed by atoms with Gasteiger partial charge in [-0.05, 0) is 23.9 Å². The van der Waals surface area contributed by atoms with Crippen molar-refractivity contribution in [2.75, 3.05) is 5.01 Å². The third kappa shape index (κ3) is 3.29. The Hall–Kier alpha value is -2.12. The highest BCUT2D eigenvalue weighted by Crippen LogP contribution is 2.39. The average Bonchev–Trinajstić information content (AvgIpc) is 3.05. The Balaban J connectivity index is 2.16. The third-order valence-electron chi connectivity index (χ3n) is 3.97. The number of carbonyl (C=O) groups is 2. The number of anilines is 1. The van der Waals surface area contributed by atoms with E-state index in [9.17, 15) is 9.59 Å². The van der Waals surface area contributed by atoms with Crippen molar-refractivity contribution in [1.29, 1.82) is 0 Å². The number of thioether (sulfide) groups is 1. The van der Waals surface area contributed by atoms with Crippen LogP contribution in [0.3, 0.4) is 0 Å². The molecule has 6 nitrogen and oxygen atoms in total. The van der Waals surface area contributed by atoms with Crippen LogP contribution in [0.2, 0.25) is 5.02 Å². The van der Waals surface area contributed by atoms with E-state index in [4.69, 9.17) is 11.6 Å². The van der Waals surface area contributed by atoms with Crippen molar-refractivity contribution in [3.63, 3.8) is 0 Å². The van der Waals surface area contributed by atoms with Gasteiger partial charge in [0.2, 0.25) is 11.8 Å². The van der Waals surface area contributed by atoms with Gasteiger partial charge in [0.1, 0.15) is 15.9 Å². The lowest BCUT2D eigenvalue weighted by Gasteiger charge is -2.22. The molecule has 1 aliphatic heterocycles. The number of rotatable bonds is 4. The standard InChI is InChI=1S/C18H19ClN4O2S/c1-4-13-20-16-18(22(13)14(24)5-2)26-17(21-23(16)15(25)6-3)11-7-9-12(19)10-8-11/h7-10H,4-6H2,1-3H3. The molecule has 2 aromatic rings. The molecule has 0 unspecified atom stereocenters. The molecule has 26 heavy (non-hydrogen) atoms. The SMILES string of the molecule is CCC(=O)N1N=C(c2ccc(Cl)cc2)Sc2c1nc(CC)n2C(=O)CC. The van der Waals surface area contributed by atoms with Crippen molar-refractivity contribution in [2.45, 2.75) is 45.1 Å². The van der Waals surface area contributed by atoms with Crippen LogP contribution in [0.15, 0.2) is 34.4 Å². The first-order valence-corrected chi connectivity index (χ1v) is 9.69. The summed E-state index contributed by atoms with van der Waals surface area (Å²) >= 11 is 7.32. The molecule has 1 amide bonds. The van der Waals surface area contributed by atoms with Crippen molar-refractivity contribution in [3.05, 3.63) is 40.7 Å². The molecule has 0 bridgehead atoms. The molecule has 0 saturated carbocycles. The molecule has 0 atom stereocenters. The number of aromatic nitrogens is 2. The minimum absolute atomic E-state index is 0.0515. The molecule has 0 N–H and O–H groups in total. The van der Waals surface area contributed by atoms with Crippen LogP contribution >= 0.6 is 23.4 Å². The summed E-state index contributed by atoms with van der Waals surface area (Å²) in [7, 11) is 0. The summed E-state index contributed by atoms with van der Waals surface area (Å²) in [5.74, 6) is 0.840. The highest BCUT2D eigenvalue weighted by molar-refractivity contribution is 8.14. The minimum Gasteiger partial charge on any atom is -0.274 e. The Morgan fingerprint density at radius 3 is 2.31 bits per heavy atom. The van der Waals surface area contributed by atoms with Crippen molar-refractivity contribution in [1.82, 2.24) is 9.55 Å². The zero-order chi connectivity index (χ0) is 18.8. The molecule has 0 radical (unpaired) electrons.